The van der Waals surface area contributed by atoms with Gasteiger partial charge in [-0.3, -0.25) is 4.90 Å². The molecular formula is C12H18NO4-. The van der Waals surface area contributed by atoms with Gasteiger partial charge in [-0.15, -0.1) is 0 Å². The van der Waals surface area contributed by atoms with Crippen molar-refractivity contribution < 1.29 is 19.4 Å². The summed E-state index contributed by atoms with van der Waals surface area (Å²) < 4.78 is 4.65. The van der Waals surface area contributed by atoms with E-state index >= 15 is 0 Å². The van der Waals surface area contributed by atoms with Crippen molar-refractivity contribution in [3.05, 3.63) is 0 Å². The molecule has 1 aliphatic carbocycles. The lowest BCUT2D eigenvalue weighted by molar-refractivity contribution is -0.312. The van der Waals surface area contributed by atoms with Gasteiger partial charge in [-0.05, 0) is 24.7 Å². The quantitative estimate of drug-likeness (QED) is 0.664. The minimum absolute atomic E-state index is 0.424. The maximum atomic E-state index is 11.6. The molecule has 3 unspecified atom stereocenters. The van der Waals surface area contributed by atoms with E-state index in [2.05, 4.69) is 4.74 Å². The van der Waals surface area contributed by atoms with Gasteiger partial charge >= 0.3 is 6.09 Å². The van der Waals surface area contributed by atoms with Crippen LogP contribution >= 0.6 is 0 Å². The third-order valence-electron chi connectivity index (χ3n) is 4.08. The van der Waals surface area contributed by atoms with E-state index < -0.39 is 18.1 Å². The molecule has 1 saturated carbocycles. The van der Waals surface area contributed by atoms with Crippen LogP contribution in [0, 0.1) is 11.8 Å². The number of piperidine rings is 1. The standard InChI is InChI=1S/C12H19NO4/c1-17-12(16)13-7-9-5-3-2-4-8(9)6-10(13)11(14)15/h8-10H,2-7H2,1H3,(H,14,15)/p-1. The van der Waals surface area contributed by atoms with E-state index in [1.165, 1.54) is 24.9 Å². The zero-order chi connectivity index (χ0) is 12.4. The van der Waals surface area contributed by atoms with Gasteiger partial charge in [0.05, 0.1) is 19.1 Å². The molecule has 0 aromatic heterocycles. The van der Waals surface area contributed by atoms with Crippen LogP contribution in [-0.4, -0.2) is 36.7 Å². The van der Waals surface area contributed by atoms with Gasteiger partial charge in [-0.2, -0.15) is 0 Å². The van der Waals surface area contributed by atoms with Crippen molar-refractivity contribution in [1.29, 1.82) is 0 Å². The second-order valence-corrected chi connectivity index (χ2v) is 5.00. The van der Waals surface area contributed by atoms with Crippen LogP contribution in [0.3, 0.4) is 0 Å². The lowest BCUT2D eigenvalue weighted by atomic mass is 9.73. The molecule has 0 bridgehead atoms. The number of amides is 1. The highest BCUT2D eigenvalue weighted by Crippen LogP contribution is 2.38. The van der Waals surface area contributed by atoms with Gasteiger partial charge in [0.25, 0.3) is 0 Å². The van der Waals surface area contributed by atoms with E-state index in [4.69, 9.17) is 0 Å². The number of hydrogen-bond donors (Lipinski definition) is 0. The molecular weight excluding hydrogens is 222 g/mol. The smallest absolute Gasteiger partial charge is 0.410 e. The van der Waals surface area contributed by atoms with E-state index in [1.54, 1.807) is 0 Å². The maximum Gasteiger partial charge on any atom is 0.410 e. The molecule has 0 N–H and O–H groups in total. The second-order valence-electron chi connectivity index (χ2n) is 5.00. The van der Waals surface area contributed by atoms with E-state index in [0.29, 0.717) is 24.8 Å². The molecule has 5 heteroatoms. The Kier molecular flexibility index (Phi) is 3.54. The Bertz CT molecular complexity index is 318. The summed E-state index contributed by atoms with van der Waals surface area (Å²) in [5.74, 6) is -0.314. The normalized spacial score (nSPS) is 32.8. The SMILES string of the molecule is COC(=O)N1CC2CCCCC2CC1C(=O)[O-]. The summed E-state index contributed by atoms with van der Waals surface area (Å²) in [7, 11) is 1.28. The molecule has 96 valence electrons. The molecule has 0 aromatic rings. The summed E-state index contributed by atoms with van der Waals surface area (Å²) in [5.41, 5.74) is 0. The summed E-state index contributed by atoms with van der Waals surface area (Å²) in [6, 6.07) is -0.818. The molecule has 1 saturated heterocycles. The summed E-state index contributed by atoms with van der Waals surface area (Å²) in [6.45, 7) is 0.496. The van der Waals surface area contributed by atoms with Crippen molar-refractivity contribution in [3.63, 3.8) is 0 Å². The highest BCUT2D eigenvalue weighted by Gasteiger charge is 2.39. The van der Waals surface area contributed by atoms with E-state index in [-0.39, 0.29) is 0 Å². The number of likely N-dealkylation sites (tertiary alicyclic amines) is 1. The summed E-state index contributed by atoms with van der Waals surface area (Å²) in [4.78, 5) is 24.0. The van der Waals surface area contributed by atoms with Crippen LogP contribution in [0.2, 0.25) is 0 Å². The Labute approximate surface area is 101 Å². The highest BCUT2D eigenvalue weighted by atomic mass is 16.5. The molecule has 1 heterocycles. The molecule has 0 spiro atoms. The lowest BCUT2D eigenvalue weighted by Gasteiger charge is -2.45. The Morgan fingerprint density at radius 1 is 1.24 bits per heavy atom. The van der Waals surface area contributed by atoms with Crippen LogP contribution in [0.4, 0.5) is 4.79 Å². The van der Waals surface area contributed by atoms with Crippen molar-refractivity contribution in [1.82, 2.24) is 4.90 Å². The number of nitrogens with zero attached hydrogens (tertiary/aromatic N) is 1. The monoisotopic (exact) mass is 240 g/mol. The van der Waals surface area contributed by atoms with Crippen LogP contribution in [0.15, 0.2) is 0 Å². The topological polar surface area (TPSA) is 69.7 Å². The molecule has 2 rings (SSSR count). The number of carboxylic acids is 1. The number of carboxylic acid groups (broad SMARTS) is 1. The highest BCUT2D eigenvalue weighted by molar-refractivity contribution is 5.79. The second kappa shape index (κ2) is 4.94. The van der Waals surface area contributed by atoms with E-state index in [1.807, 2.05) is 0 Å². The van der Waals surface area contributed by atoms with Gasteiger partial charge in [0, 0.05) is 6.54 Å². The average molecular weight is 240 g/mol. The summed E-state index contributed by atoms with van der Waals surface area (Å²) in [6.07, 6.45) is 4.46. The van der Waals surface area contributed by atoms with Crippen LogP contribution in [0.5, 0.6) is 0 Å². The van der Waals surface area contributed by atoms with Crippen LogP contribution in [0.1, 0.15) is 32.1 Å². The molecule has 2 fully saturated rings. The Morgan fingerprint density at radius 2 is 1.88 bits per heavy atom. The van der Waals surface area contributed by atoms with Gasteiger partial charge in [0.1, 0.15) is 0 Å². The largest absolute Gasteiger partial charge is 0.548 e. The third kappa shape index (κ3) is 2.37. The average Bonchev–Trinajstić information content (AvgIpc) is 2.36. The number of rotatable bonds is 1. The minimum atomic E-state index is -1.17. The van der Waals surface area contributed by atoms with Gasteiger partial charge < -0.3 is 14.6 Å². The molecule has 1 aliphatic heterocycles. The maximum absolute atomic E-state index is 11.6. The third-order valence-corrected chi connectivity index (χ3v) is 4.08. The number of methoxy groups -OCH3 is 1. The predicted octanol–water partition coefficient (Wildman–Crippen LogP) is 0.383. The Morgan fingerprint density at radius 3 is 2.47 bits per heavy atom. The van der Waals surface area contributed by atoms with Crippen molar-refractivity contribution in [3.8, 4) is 0 Å². The molecule has 3 atom stereocenters. The van der Waals surface area contributed by atoms with Crippen molar-refractivity contribution in [2.24, 2.45) is 11.8 Å². The lowest BCUT2D eigenvalue weighted by Crippen LogP contribution is -2.57. The molecule has 0 radical (unpaired) electrons. The zero-order valence-electron chi connectivity index (χ0n) is 10.1. The molecule has 2 aliphatic rings. The Balaban J connectivity index is 2.13. The Hall–Kier alpha value is -1.26. The fraction of sp³-hybridized carbons (Fsp3) is 0.833. The van der Waals surface area contributed by atoms with Gasteiger partial charge in [-0.25, -0.2) is 4.79 Å². The molecule has 1 amide bonds. The zero-order valence-corrected chi connectivity index (χ0v) is 10.1. The van der Waals surface area contributed by atoms with Crippen LogP contribution in [-0.2, 0) is 9.53 Å². The molecule has 17 heavy (non-hydrogen) atoms. The first-order valence-corrected chi connectivity index (χ1v) is 6.19. The summed E-state index contributed by atoms with van der Waals surface area (Å²) in [5, 5.41) is 11.1. The van der Waals surface area contributed by atoms with Crippen LogP contribution in [0.25, 0.3) is 0 Å². The first-order valence-electron chi connectivity index (χ1n) is 6.19. The van der Waals surface area contributed by atoms with Crippen molar-refractivity contribution >= 4 is 12.1 Å². The molecule has 0 aromatic carbocycles. The minimum Gasteiger partial charge on any atom is -0.548 e. The number of carbonyl (C=O) groups is 2. The van der Waals surface area contributed by atoms with Crippen LogP contribution < -0.4 is 5.11 Å². The molecule has 5 nitrogen and oxygen atoms in total. The number of fused-ring (bicyclic) bond motifs is 1. The summed E-state index contributed by atoms with van der Waals surface area (Å²) >= 11 is 0. The number of aliphatic carboxylic acids is 1. The van der Waals surface area contributed by atoms with Crippen molar-refractivity contribution in [2.75, 3.05) is 13.7 Å². The van der Waals surface area contributed by atoms with Gasteiger partial charge in [-0.1, -0.05) is 19.3 Å². The van der Waals surface area contributed by atoms with Crippen molar-refractivity contribution in [2.45, 2.75) is 38.1 Å². The number of carbonyl (C=O) groups excluding carboxylic acids is 2. The fourth-order valence-corrected chi connectivity index (χ4v) is 3.17. The number of hydrogen-bond acceptors (Lipinski definition) is 4. The first kappa shape index (κ1) is 12.2. The fourth-order valence-electron chi connectivity index (χ4n) is 3.17. The van der Waals surface area contributed by atoms with Gasteiger partial charge in [0.2, 0.25) is 0 Å². The van der Waals surface area contributed by atoms with Gasteiger partial charge in [0.15, 0.2) is 0 Å². The number of ether oxygens (including phenoxy) is 1. The van der Waals surface area contributed by atoms with E-state index in [9.17, 15) is 14.7 Å². The first-order chi connectivity index (χ1) is 8.13. The van der Waals surface area contributed by atoms with E-state index in [0.717, 1.165) is 12.8 Å². The predicted molar refractivity (Wildman–Crippen MR) is 58.0 cm³/mol.